The van der Waals surface area contributed by atoms with Crippen LogP contribution in [-0.4, -0.2) is 24.4 Å². The largest absolute Gasteiger partial charge is 0.452 e. The third-order valence-corrected chi connectivity index (χ3v) is 4.53. The van der Waals surface area contributed by atoms with Crippen LogP contribution in [0.25, 0.3) is 0 Å². The van der Waals surface area contributed by atoms with Gasteiger partial charge in [0, 0.05) is 17.4 Å². The predicted molar refractivity (Wildman–Crippen MR) is 104 cm³/mol. The number of carbonyl (C=O) groups is 3. The van der Waals surface area contributed by atoms with Gasteiger partial charge >= 0.3 is 5.97 Å². The second-order valence-corrected chi connectivity index (χ2v) is 6.71. The van der Waals surface area contributed by atoms with Crippen LogP contribution in [0.15, 0.2) is 60.0 Å². The molecule has 2 aromatic carbocycles. The fraction of sp³-hybridized carbons (Fsp3) is 0.0500. The summed E-state index contributed by atoms with van der Waals surface area (Å²) in [5.41, 5.74) is 0.714. The molecule has 3 aromatic rings. The number of hydrogen-bond donors (Lipinski definition) is 2. The van der Waals surface area contributed by atoms with Crippen molar-refractivity contribution in [1.29, 1.82) is 0 Å². The van der Waals surface area contributed by atoms with Gasteiger partial charge in [-0.15, -0.1) is 11.3 Å². The van der Waals surface area contributed by atoms with Gasteiger partial charge in [0.15, 0.2) is 18.2 Å². The minimum absolute atomic E-state index is 0.0378. The first-order valence-electron chi connectivity index (χ1n) is 8.29. The van der Waals surface area contributed by atoms with E-state index in [2.05, 4.69) is 10.6 Å². The van der Waals surface area contributed by atoms with E-state index in [0.717, 1.165) is 12.1 Å². The van der Waals surface area contributed by atoms with Gasteiger partial charge in [0.05, 0.1) is 10.4 Å². The summed E-state index contributed by atoms with van der Waals surface area (Å²) in [6.45, 7) is -0.602. The Morgan fingerprint density at radius 3 is 2.28 bits per heavy atom. The summed E-state index contributed by atoms with van der Waals surface area (Å²) in [6, 6.07) is 12.3. The van der Waals surface area contributed by atoms with Crippen molar-refractivity contribution in [2.24, 2.45) is 0 Å². The number of hydrogen-bond acceptors (Lipinski definition) is 5. The zero-order valence-electron chi connectivity index (χ0n) is 14.8. The van der Waals surface area contributed by atoms with E-state index < -0.39 is 30.1 Å². The highest BCUT2D eigenvalue weighted by molar-refractivity contribution is 7.12. The van der Waals surface area contributed by atoms with Gasteiger partial charge in [-0.05, 0) is 47.8 Å². The first-order chi connectivity index (χ1) is 13.9. The normalized spacial score (nSPS) is 10.3. The zero-order chi connectivity index (χ0) is 20.8. The standard InChI is InChI=1S/C20H14F2N2O4S/c21-15-8-7-14(10-16(15)22)23-18(25)11-28-20(27)12-3-5-13(6-4-12)24-19(26)17-2-1-9-29-17/h1-10H,11H2,(H,23,25)(H,24,26). The van der Waals surface area contributed by atoms with Gasteiger partial charge in [-0.3, -0.25) is 9.59 Å². The maximum atomic E-state index is 13.1. The molecular formula is C20H14F2N2O4S. The van der Waals surface area contributed by atoms with E-state index in [0.29, 0.717) is 10.6 Å². The smallest absolute Gasteiger partial charge is 0.338 e. The van der Waals surface area contributed by atoms with Crippen molar-refractivity contribution < 1.29 is 27.9 Å². The number of thiophene rings is 1. The van der Waals surface area contributed by atoms with E-state index in [1.807, 2.05) is 0 Å². The van der Waals surface area contributed by atoms with Crippen molar-refractivity contribution in [3.8, 4) is 0 Å². The van der Waals surface area contributed by atoms with Gasteiger partial charge in [-0.1, -0.05) is 6.07 Å². The number of anilines is 2. The lowest BCUT2D eigenvalue weighted by atomic mass is 10.2. The Labute approximate surface area is 168 Å². The second-order valence-electron chi connectivity index (χ2n) is 5.76. The Bertz CT molecular complexity index is 1040. The molecule has 1 heterocycles. The van der Waals surface area contributed by atoms with Crippen LogP contribution in [0.2, 0.25) is 0 Å². The number of benzene rings is 2. The van der Waals surface area contributed by atoms with Crippen molar-refractivity contribution >= 4 is 40.5 Å². The lowest BCUT2D eigenvalue weighted by Crippen LogP contribution is -2.21. The van der Waals surface area contributed by atoms with E-state index in [1.54, 1.807) is 17.5 Å². The van der Waals surface area contributed by atoms with Crippen LogP contribution in [-0.2, 0) is 9.53 Å². The van der Waals surface area contributed by atoms with Crippen molar-refractivity contribution in [2.45, 2.75) is 0 Å². The molecule has 0 bridgehead atoms. The van der Waals surface area contributed by atoms with E-state index in [-0.39, 0.29) is 17.2 Å². The molecule has 0 radical (unpaired) electrons. The summed E-state index contributed by atoms with van der Waals surface area (Å²) in [6.07, 6.45) is 0. The molecule has 9 heteroatoms. The van der Waals surface area contributed by atoms with Crippen molar-refractivity contribution in [3.05, 3.63) is 82.1 Å². The van der Waals surface area contributed by atoms with Crippen LogP contribution in [0, 0.1) is 11.6 Å². The molecule has 0 atom stereocenters. The molecule has 3 rings (SSSR count). The SMILES string of the molecule is O=C(COC(=O)c1ccc(NC(=O)c2cccs2)cc1)Nc1ccc(F)c(F)c1. The molecule has 0 spiro atoms. The van der Waals surface area contributed by atoms with E-state index >= 15 is 0 Å². The number of esters is 1. The van der Waals surface area contributed by atoms with Crippen LogP contribution < -0.4 is 10.6 Å². The summed E-state index contributed by atoms with van der Waals surface area (Å²) in [4.78, 5) is 36.3. The number of nitrogens with one attached hydrogen (secondary N) is 2. The molecule has 29 heavy (non-hydrogen) atoms. The molecule has 2 amide bonds. The number of amides is 2. The Hall–Kier alpha value is -3.59. The van der Waals surface area contributed by atoms with Crippen molar-refractivity contribution in [2.75, 3.05) is 17.2 Å². The van der Waals surface area contributed by atoms with Crippen LogP contribution in [0.3, 0.4) is 0 Å². The Morgan fingerprint density at radius 2 is 1.62 bits per heavy atom. The van der Waals surface area contributed by atoms with Crippen molar-refractivity contribution in [1.82, 2.24) is 0 Å². The highest BCUT2D eigenvalue weighted by atomic mass is 32.1. The first kappa shape index (κ1) is 20.2. The molecule has 148 valence electrons. The summed E-state index contributed by atoms with van der Waals surface area (Å²) in [5.74, 6) is -3.86. The molecule has 0 saturated carbocycles. The molecule has 2 N–H and O–H groups in total. The molecule has 0 aliphatic rings. The fourth-order valence-corrected chi connectivity index (χ4v) is 2.89. The van der Waals surface area contributed by atoms with Gasteiger partial charge in [0.25, 0.3) is 11.8 Å². The van der Waals surface area contributed by atoms with Gasteiger partial charge < -0.3 is 15.4 Å². The minimum Gasteiger partial charge on any atom is -0.452 e. The molecule has 6 nitrogen and oxygen atoms in total. The van der Waals surface area contributed by atoms with E-state index in [4.69, 9.17) is 4.74 Å². The summed E-state index contributed by atoms with van der Waals surface area (Å²) >= 11 is 1.31. The Balaban J connectivity index is 1.50. The van der Waals surface area contributed by atoms with Gasteiger partial charge in [-0.2, -0.15) is 0 Å². The molecule has 0 unspecified atom stereocenters. The molecule has 0 aliphatic heterocycles. The third-order valence-electron chi connectivity index (χ3n) is 3.66. The maximum absolute atomic E-state index is 13.1. The highest BCUT2D eigenvalue weighted by Crippen LogP contribution is 2.15. The topological polar surface area (TPSA) is 84.5 Å². The number of rotatable bonds is 6. The number of ether oxygens (including phenoxy) is 1. The van der Waals surface area contributed by atoms with E-state index in [9.17, 15) is 23.2 Å². The average molecular weight is 416 g/mol. The lowest BCUT2D eigenvalue weighted by molar-refractivity contribution is -0.119. The van der Waals surface area contributed by atoms with Crippen LogP contribution >= 0.6 is 11.3 Å². The van der Waals surface area contributed by atoms with Crippen molar-refractivity contribution in [3.63, 3.8) is 0 Å². The molecular weight excluding hydrogens is 402 g/mol. The second kappa shape index (κ2) is 9.07. The molecule has 0 saturated heterocycles. The molecule has 0 aliphatic carbocycles. The number of halogens is 2. The first-order valence-corrected chi connectivity index (χ1v) is 9.17. The van der Waals surface area contributed by atoms with Gasteiger partial charge in [0.2, 0.25) is 0 Å². The van der Waals surface area contributed by atoms with Gasteiger partial charge in [0.1, 0.15) is 0 Å². The van der Waals surface area contributed by atoms with Crippen LogP contribution in [0.4, 0.5) is 20.2 Å². The monoisotopic (exact) mass is 416 g/mol. The minimum atomic E-state index is -1.11. The maximum Gasteiger partial charge on any atom is 0.338 e. The highest BCUT2D eigenvalue weighted by Gasteiger charge is 2.12. The molecule has 0 fully saturated rings. The quantitative estimate of drug-likeness (QED) is 0.593. The summed E-state index contributed by atoms with van der Waals surface area (Å²) < 4.78 is 30.9. The molecule has 1 aromatic heterocycles. The number of carbonyl (C=O) groups excluding carboxylic acids is 3. The fourth-order valence-electron chi connectivity index (χ4n) is 2.28. The van der Waals surface area contributed by atoms with Crippen LogP contribution in [0.1, 0.15) is 20.0 Å². The lowest BCUT2D eigenvalue weighted by Gasteiger charge is -2.08. The third kappa shape index (κ3) is 5.45. The Kier molecular flexibility index (Phi) is 6.30. The van der Waals surface area contributed by atoms with E-state index in [1.165, 1.54) is 41.7 Å². The van der Waals surface area contributed by atoms with Crippen LogP contribution in [0.5, 0.6) is 0 Å². The zero-order valence-corrected chi connectivity index (χ0v) is 15.6. The average Bonchev–Trinajstić information content (AvgIpc) is 3.24. The van der Waals surface area contributed by atoms with Gasteiger partial charge in [-0.25, -0.2) is 13.6 Å². The predicted octanol–water partition coefficient (Wildman–Crippen LogP) is 4.07. The summed E-state index contributed by atoms with van der Waals surface area (Å²) in [5, 5.41) is 6.77. The Morgan fingerprint density at radius 1 is 0.897 bits per heavy atom. The summed E-state index contributed by atoms with van der Waals surface area (Å²) in [7, 11) is 0.